The average Bonchev–Trinajstić information content (AvgIpc) is 3.37. The summed E-state index contributed by atoms with van der Waals surface area (Å²) in [6.07, 6.45) is 5.54. The molecule has 2 bridgehead atoms. The number of hydrazine groups is 1. The number of nitrogens with zero attached hydrogens (tertiary/aromatic N) is 1. The highest BCUT2D eigenvalue weighted by Gasteiger charge is 2.67. The number of rotatable bonds is 3. The van der Waals surface area contributed by atoms with E-state index >= 15 is 0 Å². The summed E-state index contributed by atoms with van der Waals surface area (Å²) in [6, 6.07) is 9.31. The standard InChI is InChI=1S/C19H18N2O3/c22-15(8-10-4-2-1-3-5-10)20-21-18(23)16-11-6-7-12(14-9-13(11)14)17(16)19(21)24/h1-7,11-14,16-17H,8-9H2,(H,20,22)/t11-,12+,13+,14-,16-,17+. The molecular weight excluding hydrogens is 304 g/mol. The lowest BCUT2D eigenvalue weighted by atomic mass is 9.63. The molecule has 6 rings (SSSR count). The molecule has 3 fully saturated rings. The van der Waals surface area contributed by atoms with Gasteiger partial charge in [0.2, 0.25) is 5.91 Å². The van der Waals surface area contributed by atoms with Gasteiger partial charge in [-0.2, -0.15) is 5.01 Å². The zero-order valence-corrected chi connectivity index (χ0v) is 13.1. The van der Waals surface area contributed by atoms with Crippen LogP contribution in [-0.4, -0.2) is 22.7 Å². The van der Waals surface area contributed by atoms with Crippen LogP contribution in [-0.2, 0) is 20.8 Å². The Kier molecular flexibility index (Phi) is 2.78. The first-order valence-electron chi connectivity index (χ1n) is 8.54. The van der Waals surface area contributed by atoms with E-state index in [1.54, 1.807) is 0 Å². The predicted molar refractivity (Wildman–Crippen MR) is 84.8 cm³/mol. The Morgan fingerprint density at radius 3 is 2.17 bits per heavy atom. The van der Waals surface area contributed by atoms with Crippen molar-refractivity contribution >= 4 is 17.7 Å². The van der Waals surface area contributed by atoms with E-state index < -0.39 is 0 Å². The quantitative estimate of drug-likeness (QED) is 0.674. The molecule has 122 valence electrons. The van der Waals surface area contributed by atoms with Crippen LogP contribution in [0.5, 0.6) is 0 Å². The summed E-state index contributed by atoms with van der Waals surface area (Å²) >= 11 is 0. The molecule has 1 aliphatic heterocycles. The SMILES string of the molecule is O=C(Cc1ccccc1)NN1C(=O)[C@@H]2[C@@H]3C=C[C@@H]([C@H]4C[C@@H]34)[C@@H]2C1=O. The van der Waals surface area contributed by atoms with Crippen LogP contribution in [0.3, 0.4) is 0 Å². The minimum Gasteiger partial charge on any atom is -0.273 e. The molecule has 2 saturated carbocycles. The van der Waals surface area contributed by atoms with Crippen LogP contribution in [0.1, 0.15) is 12.0 Å². The topological polar surface area (TPSA) is 66.5 Å². The van der Waals surface area contributed by atoms with E-state index in [-0.39, 0.29) is 47.8 Å². The van der Waals surface area contributed by atoms with Crippen LogP contribution in [0.15, 0.2) is 42.5 Å². The fraction of sp³-hybridized carbons (Fsp3) is 0.421. The number of carbonyl (C=O) groups is 3. The molecule has 5 heteroatoms. The third kappa shape index (κ3) is 1.84. The number of hydrogen-bond acceptors (Lipinski definition) is 3. The molecule has 1 heterocycles. The lowest BCUT2D eigenvalue weighted by Crippen LogP contribution is -2.47. The molecule has 1 aromatic rings. The minimum atomic E-state index is -0.327. The van der Waals surface area contributed by atoms with Crippen molar-refractivity contribution in [2.45, 2.75) is 12.8 Å². The second-order valence-electron chi connectivity index (χ2n) is 7.36. The van der Waals surface area contributed by atoms with E-state index in [2.05, 4.69) is 17.6 Å². The van der Waals surface area contributed by atoms with Gasteiger partial charge in [0.15, 0.2) is 0 Å². The van der Waals surface area contributed by atoms with Gasteiger partial charge in [0.25, 0.3) is 11.8 Å². The van der Waals surface area contributed by atoms with Gasteiger partial charge in [-0.1, -0.05) is 42.5 Å². The summed E-state index contributed by atoms with van der Waals surface area (Å²) in [7, 11) is 0. The lowest BCUT2D eigenvalue weighted by molar-refractivity contribution is -0.149. The summed E-state index contributed by atoms with van der Waals surface area (Å²) in [5, 5.41) is 0.998. The second-order valence-corrected chi connectivity index (χ2v) is 7.36. The van der Waals surface area contributed by atoms with Crippen molar-refractivity contribution < 1.29 is 14.4 Å². The zero-order valence-electron chi connectivity index (χ0n) is 13.1. The molecular formula is C19H18N2O3. The van der Waals surface area contributed by atoms with Crippen molar-refractivity contribution in [3.63, 3.8) is 0 Å². The molecule has 1 aromatic carbocycles. The Balaban J connectivity index is 1.34. The van der Waals surface area contributed by atoms with E-state index in [0.717, 1.165) is 17.0 Å². The number of carbonyl (C=O) groups excluding carboxylic acids is 3. The van der Waals surface area contributed by atoms with Gasteiger partial charge < -0.3 is 0 Å². The molecule has 4 aliphatic carbocycles. The van der Waals surface area contributed by atoms with Crippen LogP contribution in [0.2, 0.25) is 0 Å². The summed E-state index contributed by atoms with van der Waals surface area (Å²) < 4.78 is 0. The monoisotopic (exact) mass is 322 g/mol. The Labute approximate surface area is 139 Å². The highest BCUT2D eigenvalue weighted by molar-refractivity contribution is 6.07. The third-order valence-electron chi connectivity index (χ3n) is 6.11. The molecule has 3 amide bonds. The second kappa shape index (κ2) is 4.79. The Bertz CT molecular complexity index is 736. The first kappa shape index (κ1) is 14.0. The van der Waals surface area contributed by atoms with Gasteiger partial charge in [0, 0.05) is 0 Å². The van der Waals surface area contributed by atoms with Crippen LogP contribution in [0.4, 0.5) is 0 Å². The fourth-order valence-corrected chi connectivity index (χ4v) is 5.01. The smallest absolute Gasteiger partial charge is 0.252 e. The van der Waals surface area contributed by atoms with E-state index in [1.165, 1.54) is 0 Å². The van der Waals surface area contributed by atoms with Crippen LogP contribution >= 0.6 is 0 Å². The molecule has 5 aliphatic rings. The zero-order chi connectivity index (χ0) is 16.4. The normalized spacial score (nSPS) is 38.1. The van der Waals surface area contributed by atoms with Gasteiger partial charge in [0.05, 0.1) is 18.3 Å². The molecule has 0 unspecified atom stereocenters. The molecule has 0 radical (unpaired) electrons. The van der Waals surface area contributed by atoms with Gasteiger partial charge in [-0.15, -0.1) is 0 Å². The maximum atomic E-state index is 12.7. The highest BCUT2D eigenvalue weighted by Crippen LogP contribution is 2.65. The van der Waals surface area contributed by atoms with Gasteiger partial charge in [-0.25, -0.2) is 0 Å². The number of allylic oxidation sites excluding steroid dienone is 2. The molecule has 0 spiro atoms. The van der Waals surface area contributed by atoms with E-state index in [4.69, 9.17) is 0 Å². The third-order valence-corrected chi connectivity index (χ3v) is 6.11. The van der Waals surface area contributed by atoms with Crippen molar-refractivity contribution in [3.8, 4) is 0 Å². The predicted octanol–water partition coefficient (Wildman–Crippen LogP) is 1.31. The Morgan fingerprint density at radius 1 is 1.00 bits per heavy atom. The van der Waals surface area contributed by atoms with Crippen molar-refractivity contribution in [1.29, 1.82) is 0 Å². The van der Waals surface area contributed by atoms with Gasteiger partial charge in [-0.05, 0) is 35.7 Å². The fourth-order valence-electron chi connectivity index (χ4n) is 5.01. The van der Waals surface area contributed by atoms with Crippen molar-refractivity contribution in [2.75, 3.05) is 0 Å². The van der Waals surface area contributed by atoms with Crippen LogP contribution in [0, 0.1) is 35.5 Å². The summed E-state index contributed by atoms with van der Waals surface area (Å²) in [5.74, 6) is 0.173. The minimum absolute atomic E-state index is 0.156. The lowest BCUT2D eigenvalue weighted by Gasteiger charge is -2.37. The van der Waals surface area contributed by atoms with Gasteiger partial charge in [0.1, 0.15) is 0 Å². The van der Waals surface area contributed by atoms with E-state index in [1.807, 2.05) is 30.3 Å². The molecule has 24 heavy (non-hydrogen) atoms. The number of hydrogen-bond donors (Lipinski definition) is 1. The Morgan fingerprint density at radius 2 is 1.58 bits per heavy atom. The Hall–Kier alpha value is -2.43. The molecule has 0 aromatic heterocycles. The number of benzene rings is 1. The largest absolute Gasteiger partial charge is 0.273 e. The maximum Gasteiger partial charge on any atom is 0.252 e. The molecule has 1 N–H and O–H groups in total. The van der Waals surface area contributed by atoms with Gasteiger partial charge in [-0.3, -0.25) is 19.8 Å². The number of imide groups is 1. The first-order valence-corrected chi connectivity index (χ1v) is 8.54. The summed E-state index contributed by atoms with van der Waals surface area (Å²) in [5.41, 5.74) is 3.41. The average molecular weight is 322 g/mol. The number of nitrogens with one attached hydrogen (secondary N) is 1. The molecule has 5 nitrogen and oxygen atoms in total. The summed E-state index contributed by atoms with van der Waals surface area (Å²) in [4.78, 5) is 37.7. The highest BCUT2D eigenvalue weighted by atomic mass is 16.2. The van der Waals surface area contributed by atoms with Crippen molar-refractivity contribution in [3.05, 3.63) is 48.0 Å². The van der Waals surface area contributed by atoms with Crippen LogP contribution < -0.4 is 5.43 Å². The maximum absolute atomic E-state index is 12.7. The van der Waals surface area contributed by atoms with E-state index in [0.29, 0.717) is 11.8 Å². The van der Waals surface area contributed by atoms with Crippen molar-refractivity contribution in [1.82, 2.24) is 10.4 Å². The van der Waals surface area contributed by atoms with Crippen LogP contribution in [0.25, 0.3) is 0 Å². The van der Waals surface area contributed by atoms with Crippen molar-refractivity contribution in [2.24, 2.45) is 35.5 Å². The molecule has 1 saturated heterocycles. The van der Waals surface area contributed by atoms with Gasteiger partial charge >= 0.3 is 0 Å². The summed E-state index contributed by atoms with van der Waals surface area (Å²) in [6.45, 7) is 0. The van der Waals surface area contributed by atoms with E-state index in [9.17, 15) is 14.4 Å². The number of amides is 3. The molecule has 6 atom stereocenters. The first-order chi connectivity index (χ1) is 11.6.